The first kappa shape index (κ1) is 22.9. The number of hydrogen-bond acceptors (Lipinski definition) is 5. The maximum absolute atomic E-state index is 10.7. The Morgan fingerprint density at radius 1 is 1.31 bits per heavy atom. The Morgan fingerprint density at radius 3 is 2.72 bits per heavy atom. The van der Waals surface area contributed by atoms with Gasteiger partial charge < -0.3 is 20.1 Å². The van der Waals surface area contributed by atoms with E-state index in [1.54, 1.807) is 0 Å². The highest BCUT2D eigenvalue weighted by Gasteiger charge is 2.22. The van der Waals surface area contributed by atoms with Crippen LogP contribution in [0.1, 0.15) is 12.5 Å². The highest BCUT2D eigenvalue weighted by atomic mass is 127. The van der Waals surface area contributed by atoms with Crippen molar-refractivity contribution in [2.75, 3.05) is 31.1 Å². The number of nitrogens with one attached hydrogen (secondary N) is 1. The number of ether oxygens (including phenoxy) is 1. The largest absolute Gasteiger partial charge is 0.491 e. The number of anilines is 1. The Morgan fingerprint density at radius 2 is 2.03 bits per heavy atom. The lowest BCUT2D eigenvalue weighted by Crippen LogP contribution is -2.41. The molecule has 1 atom stereocenters. The quantitative estimate of drug-likeness (QED) is 0.195. The van der Waals surface area contributed by atoms with Crippen molar-refractivity contribution in [2.24, 2.45) is 4.99 Å². The summed E-state index contributed by atoms with van der Waals surface area (Å²) in [6, 6.07) is 14.0. The van der Waals surface area contributed by atoms with Gasteiger partial charge in [0.05, 0.1) is 11.5 Å². The summed E-state index contributed by atoms with van der Waals surface area (Å²) in [5.41, 5.74) is 2.42. The monoisotopic (exact) mass is 512 g/mol. The number of aliphatic imine (C=N–C) groups is 1. The molecule has 1 heterocycles. The number of aliphatic hydroxyl groups is 1. The number of aliphatic hydroxyl groups excluding tert-OH is 1. The highest BCUT2D eigenvalue weighted by Crippen LogP contribution is 2.27. The van der Waals surface area contributed by atoms with Gasteiger partial charge in [0.1, 0.15) is 18.5 Å². The van der Waals surface area contributed by atoms with Gasteiger partial charge in [-0.3, -0.25) is 10.1 Å². The fourth-order valence-corrected chi connectivity index (χ4v) is 3.05. The Kier molecular flexibility index (Phi) is 8.65. The van der Waals surface area contributed by atoms with Crippen LogP contribution in [0.4, 0.5) is 11.4 Å². The molecule has 29 heavy (non-hydrogen) atoms. The predicted molar refractivity (Wildman–Crippen MR) is 123 cm³/mol. The van der Waals surface area contributed by atoms with Crippen molar-refractivity contribution < 1.29 is 14.8 Å². The van der Waals surface area contributed by atoms with Gasteiger partial charge in [-0.2, -0.15) is 0 Å². The van der Waals surface area contributed by atoms with E-state index < -0.39 is 11.0 Å². The van der Waals surface area contributed by atoms with Crippen LogP contribution in [0.2, 0.25) is 0 Å². The van der Waals surface area contributed by atoms with Crippen LogP contribution in [-0.4, -0.2) is 48.3 Å². The number of benzene rings is 2. The topological polar surface area (TPSA) is 100 Å². The molecule has 0 spiro atoms. The molecule has 2 N–H and O–H groups in total. The molecule has 1 unspecified atom stereocenters. The number of para-hydroxylation sites is 1. The van der Waals surface area contributed by atoms with Gasteiger partial charge in [0.2, 0.25) is 0 Å². The summed E-state index contributed by atoms with van der Waals surface area (Å²) in [7, 11) is 0. The number of fused-ring (bicyclic) bond motifs is 1. The molecule has 2 aromatic carbocycles. The zero-order valence-electron chi connectivity index (χ0n) is 16.2. The van der Waals surface area contributed by atoms with Crippen molar-refractivity contribution in [1.82, 2.24) is 5.32 Å². The van der Waals surface area contributed by atoms with Crippen LogP contribution in [0.3, 0.4) is 0 Å². The van der Waals surface area contributed by atoms with Crippen LogP contribution < -0.4 is 15.0 Å². The highest BCUT2D eigenvalue weighted by molar-refractivity contribution is 14.0. The van der Waals surface area contributed by atoms with Gasteiger partial charge in [-0.05, 0) is 37.1 Å². The molecule has 0 aliphatic carbocycles. The van der Waals surface area contributed by atoms with E-state index in [0.29, 0.717) is 5.75 Å². The van der Waals surface area contributed by atoms with Crippen LogP contribution in [0, 0.1) is 10.1 Å². The van der Waals surface area contributed by atoms with Gasteiger partial charge in [0.25, 0.3) is 5.69 Å². The van der Waals surface area contributed by atoms with Gasteiger partial charge >= 0.3 is 0 Å². The number of guanidine groups is 1. The zero-order chi connectivity index (χ0) is 19.9. The van der Waals surface area contributed by atoms with Crippen molar-refractivity contribution in [3.8, 4) is 5.75 Å². The van der Waals surface area contributed by atoms with Crippen LogP contribution in [0.25, 0.3) is 0 Å². The first-order valence-corrected chi connectivity index (χ1v) is 9.27. The third kappa shape index (κ3) is 6.04. The summed E-state index contributed by atoms with van der Waals surface area (Å²) < 4.78 is 5.50. The molecule has 8 nitrogen and oxygen atoms in total. The van der Waals surface area contributed by atoms with E-state index in [1.165, 1.54) is 29.8 Å². The first-order chi connectivity index (χ1) is 13.6. The summed E-state index contributed by atoms with van der Waals surface area (Å²) in [6.07, 6.45) is 0.175. The number of hydrogen-bond donors (Lipinski definition) is 2. The van der Waals surface area contributed by atoms with E-state index in [0.717, 1.165) is 31.2 Å². The first-order valence-electron chi connectivity index (χ1n) is 9.27. The molecule has 0 saturated carbocycles. The summed E-state index contributed by atoms with van der Waals surface area (Å²) in [5, 5.41) is 24.2. The smallest absolute Gasteiger partial charge is 0.269 e. The molecular weight excluding hydrogens is 487 g/mol. The van der Waals surface area contributed by atoms with Crippen LogP contribution >= 0.6 is 24.0 Å². The molecule has 1 aliphatic rings. The van der Waals surface area contributed by atoms with Crippen molar-refractivity contribution in [2.45, 2.75) is 19.4 Å². The van der Waals surface area contributed by atoms with Crippen molar-refractivity contribution in [1.29, 1.82) is 0 Å². The standard InChI is InChI=1S/C20H24N4O4.HI/c1-2-21-20(23-12-11-15-5-3-4-6-19(15)23)22-13-17(25)14-28-18-9-7-16(8-10-18)24(26)27;/h3-10,17,25H,2,11-14H2,1H3,(H,21,22);1H. The number of non-ortho nitro benzene ring substituents is 1. The lowest BCUT2D eigenvalue weighted by Gasteiger charge is -2.22. The lowest BCUT2D eigenvalue weighted by molar-refractivity contribution is -0.384. The van der Waals surface area contributed by atoms with Crippen molar-refractivity contribution in [3.05, 3.63) is 64.2 Å². The third-order valence-corrected chi connectivity index (χ3v) is 4.42. The van der Waals surface area contributed by atoms with Crippen LogP contribution in [0.5, 0.6) is 5.75 Å². The molecule has 156 valence electrons. The fourth-order valence-electron chi connectivity index (χ4n) is 3.05. The van der Waals surface area contributed by atoms with Gasteiger partial charge in [0.15, 0.2) is 5.96 Å². The summed E-state index contributed by atoms with van der Waals surface area (Å²) >= 11 is 0. The van der Waals surface area contributed by atoms with E-state index in [2.05, 4.69) is 27.3 Å². The Labute approximate surface area is 186 Å². The summed E-state index contributed by atoms with van der Waals surface area (Å²) in [5.74, 6) is 1.20. The van der Waals surface area contributed by atoms with Crippen molar-refractivity contribution in [3.63, 3.8) is 0 Å². The number of nitro benzene ring substituents is 1. The predicted octanol–water partition coefficient (Wildman–Crippen LogP) is 2.98. The Hall–Kier alpha value is -2.40. The van der Waals surface area contributed by atoms with E-state index >= 15 is 0 Å². The SMILES string of the molecule is CCNC(=NCC(O)COc1ccc([N+](=O)[O-])cc1)N1CCc2ccccc21.I. The molecule has 0 bridgehead atoms. The lowest BCUT2D eigenvalue weighted by atomic mass is 10.2. The van der Waals surface area contributed by atoms with Gasteiger partial charge in [-0.1, -0.05) is 18.2 Å². The molecule has 0 radical (unpaired) electrons. The minimum absolute atomic E-state index is 0. The number of rotatable bonds is 7. The number of nitrogens with zero attached hydrogens (tertiary/aromatic N) is 3. The Balaban J connectivity index is 0.00000300. The van der Waals surface area contributed by atoms with Crippen LogP contribution in [-0.2, 0) is 6.42 Å². The normalized spacial score (nSPS) is 14.0. The molecule has 0 fully saturated rings. The maximum atomic E-state index is 10.7. The average molecular weight is 512 g/mol. The second-order valence-corrected chi connectivity index (χ2v) is 6.44. The summed E-state index contributed by atoms with van der Waals surface area (Å²) in [4.78, 5) is 16.9. The molecule has 1 aliphatic heterocycles. The molecule has 2 aromatic rings. The minimum atomic E-state index is -0.790. The number of nitro groups is 1. The maximum Gasteiger partial charge on any atom is 0.269 e. The van der Waals surface area contributed by atoms with Gasteiger partial charge in [0, 0.05) is 30.9 Å². The molecule has 3 rings (SSSR count). The van der Waals surface area contributed by atoms with E-state index in [1.807, 2.05) is 19.1 Å². The fraction of sp³-hybridized carbons (Fsp3) is 0.350. The average Bonchev–Trinajstić information content (AvgIpc) is 3.14. The van der Waals surface area contributed by atoms with Crippen molar-refractivity contribution >= 4 is 41.3 Å². The summed E-state index contributed by atoms with van der Waals surface area (Å²) in [6.45, 7) is 3.82. The zero-order valence-corrected chi connectivity index (χ0v) is 18.5. The molecule has 9 heteroatoms. The van der Waals surface area contributed by atoms with E-state index in [-0.39, 0.29) is 42.8 Å². The molecule has 0 amide bonds. The van der Waals surface area contributed by atoms with E-state index in [4.69, 9.17) is 4.74 Å². The van der Waals surface area contributed by atoms with Crippen LogP contribution in [0.15, 0.2) is 53.5 Å². The second kappa shape index (κ2) is 11.0. The van der Waals surface area contributed by atoms with Gasteiger partial charge in [-0.25, -0.2) is 4.99 Å². The van der Waals surface area contributed by atoms with E-state index in [9.17, 15) is 15.2 Å². The number of halogens is 1. The van der Waals surface area contributed by atoms with Gasteiger partial charge in [-0.15, -0.1) is 24.0 Å². The molecule has 0 saturated heterocycles. The second-order valence-electron chi connectivity index (χ2n) is 6.44. The molecular formula is C20H25IN4O4. The third-order valence-electron chi connectivity index (χ3n) is 4.42. The minimum Gasteiger partial charge on any atom is -0.491 e. The Bertz CT molecular complexity index is 845. The molecule has 0 aromatic heterocycles.